The highest BCUT2D eigenvalue weighted by Crippen LogP contribution is 2.19. The summed E-state index contributed by atoms with van der Waals surface area (Å²) in [4.78, 5) is 24.6. The van der Waals surface area contributed by atoms with Crippen molar-refractivity contribution in [2.45, 2.75) is 411 Å². The van der Waals surface area contributed by atoms with E-state index in [1.807, 2.05) is 6.08 Å². The molecule has 78 heavy (non-hydrogen) atoms. The van der Waals surface area contributed by atoms with E-state index in [9.17, 15) is 19.8 Å². The van der Waals surface area contributed by atoms with Crippen LogP contribution >= 0.6 is 0 Å². The molecule has 6 nitrogen and oxygen atoms in total. The van der Waals surface area contributed by atoms with Crippen molar-refractivity contribution in [3.8, 4) is 0 Å². The Morgan fingerprint density at radius 3 is 0.910 bits per heavy atom. The summed E-state index contributed by atoms with van der Waals surface area (Å²) < 4.78 is 5.49. The molecule has 0 heterocycles. The minimum atomic E-state index is -0.844. The Hall–Kier alpha value is -1.66. The number of allylic oxidation sites excluding steroid dienone is 3. The first-order chi connectivity index (χ1) is 38.5. The molecule has 0 saturated carbocycles. The van der Waals surface area contributed by atoms with Gasteiger partial charge in [-0.3, -0.25) is 9.59 Å². The van der Waals surface area contributed by atoms with Crippen LogP contribution in [0.25, 0.3) is 0 Å². The van der Waals surface area contributed by atoms with E-state index in [0.29, 0.717) is 19.4 Å². The topological polar surface area (TPSA) is 95.9 Å². The van der Waals surface area contributed by atoms with E-state index in [1.165, 1.54) is 327 Å². The quantitative estimate of drug-likeness (QED) is 0.0320. The molecule has 0 saturated heterocycles. The van der Waals surface area contributed by atoms with E-state index in [1.54, 1.807) is 6.08 Å². The van der Waals surface area contributed by atoms with Gasteiger partial charge in [0.2, 0.25) is 5.91 Å². The molecule has 0 aliphatic carbocycles. The van der Waals surface area contributed by atoms with Crippen LogP contribution in [-0.2, 0) is 14.3 Å². The number of nitrogens with one attached hydrogen (secondary N) is 1. The molecule has 2 atom stereocenters. The molecule has 0 bridgehead atoms. The number of hydrogen-bond acceptors (Lipinski definition) is 5. The maximum absolute atomic E-state index is 12.5. The maximum atomic E-state index is 12.5. The van der Waals surface area contributed by atoms with Gasteiger partial charge in [0.05, 0.1) is 25.4 Å². The minimum absolute atomic E-state index is 0.00905. The normalized spacial score (nSPS) is 12.6. The Labute approximate surface area is 488 Å². The summed E-state index contributed by atoms with van der Waals surface area (Å²) in [6.45, 7) is 4.93. The lowest BCUT2D eigenvalue weighted by Gasteiger charge is -2.20. The second kappa shape index (κ2) is 67.8. The number of aliphatic hydroxyl groups is 2. The average Bonchev–Trinajstić information content (AvgIpc) is 3.44. The van der Waals surface area contributed by atoms with Crippen molar-refractivity contribution in [2.75, 3.05) is 13.2 Å². The van der Waals surface area contributed by atoms with Crippen molar-refractivity contribution >= 4 is 11.9 Å². The Bertz CT molecular complexity index is 1220. The molecule has 0 aliphatic heterocycles. The van der Waals surface area contributed by atoms with Gasteiger partial charge in [-0.15, -0.1) is 0 Å². The first-order valence-corrected chi connectivity index (χ1v) is 35.6. The lowest BCUT2D eigenvalue weighted by atomic mass is 10.0. The van der Waals surface area contributed by atoms with E-state index in [0.717, 1.165) is 44.9 Å². The summed E-state index contributed by atoms with van der Waals surface area (Å²) in [6, 6.07) is -0.627. The van der Waals surface area contributed by atoms with E-state index in [-0.39, 0.29) is 18.5 Å². The number of amides is 1. The van der Waals surface area contributed by atoms with Crippen molar-refractivity contribution < 1.29 is 24.5 Å². The molecule has 462 valence electrons. The average molecular weight is 1100 g/mol. The summed E-state index contributed by atoms with van der Waals surface area (Å²) in [5.74, 6) is -0.0526. The van der Waals surface area contributed by atoms with Gasteiger partial charge in [-0.25, -0.2) is 0 Å². The van der Waals surface area contributed by atoms with Crippen LogP contribution in [0.3, 0.4) is 0 Å². The van der Waals surface area contributed by atoms with Crippen LogP contribution in [0.4, 0.5) is 0 Å². The molecule has 2 unspecified atom stereocenters. The number of aliphatic hydroxyl groups excluding tert-OH is 2. The van der Waals surface area contributed by atoms with Crippen molar-refractivity contribution in [1.82, 2.24) is 5.32 Å². The lowest BCUT2D eigenvalue weighted by molar-refractivity contribution is -0.143. The smallest absolute Gasteiger partial charge is 0.305 e. The van der Waals surface area contributed by atoms with Crippen molar-refractivity contribution in [1.29, 1.82) is 0 Å². The molecular formula is C72H139NO5. The molecule has 3 N–H and O–H groups in total. The van der Waals surface area contributed by atoms with Crippen LogP contribution in [0.15, 0.2) is 24.3 Å². The molecule has 0 radical (unpaired) electrons. The first kappa shape index (κ1) is 76.3. The van der Waals surface area contributed by atoms with Gasteiger partial charge in [-0.2, -0.15) is 0 Å². The molecule has 0 aromatic carbocycles. The predicted octanol–water partition coefficient (Wildman–Crippen LogP) is 22.9. The van der Waals surface area contributed by atoms with Gasteiger partial charge < -0.3 is 20.3 Å². The number of rotatable bonds is 67. The molecule has 6 heteroatoms. The number of carbonyl (C=O) groups is 2. The molecule has 0 fully saturated rings. The summed E-state index contributed by atoms with van der Waals surface area (Å²) in [7, 11) is 0. The second-order valence-electron chi connectivity index (χ2n) is 24.6. The van der Waals surface area contributed by atoms with E-state index < -0.39 is 12.1 Å². The number of unbranched alkanes of at least 4 members (excludes halogenated alkanes) is 54. The van der Waals surface area contributed by atoms with Crippen molar-refractivity contribution in [3.05, 3.63) is 24.3 Å². The van der Waals surface area contributed by atoms with Crippen LogP contribution in [0.5, 0.6) is 0 Å². The van der Waals surface area contributed by atoms with Crippen molar-refractivity contribution in [3.63, 3.8) is 0 Å². The molecule has 0 aromatic heterocycles. The van der Waals surface area contributed by atoms with Gasteiger partial charge >= 0.3 is 5.97 Å². The molecular weight excluding hydrogens is 959 g/mol. The standard InChI is InChI=1S/C72H139NO5/c1-3-5-7-9-11-13-15-17-19-20-21-28-31-34-37-40-44-48-52-56-60-64-70(75)69(68-74)73-71(76)65-61-57-53-49-45-41-38-35-32-29-26-24-22-23-25-27-30-33-36-39-43-47-51-55-59-63-67-78-72(77)66-62-58-54-50-46-42-18-16-14-12-10-8-6-4-2/h16,18,60,64,69-70,74-75H,3-15,17,19-59,61-63,65-68H2,1-2H3,(H,73,76)/b18-16-,64-60+. The van der Waals surface area contributed by atoms with Crippen molar-refractivity contribution in [2.24, 2.45) is 0 Å². The summed E-state index contributed by atoms with van der Waals surface area (Å²) >= 11 is 0. The lowest BCUT2D eigenvalue weighted by Crippen LogP contribution is -2.45. The monoisotopic (exact) mass is 1100 g/mol. The zero-order chi connectivity index (χ0) is 56.4. The third-order valence-corrected chi connectivity index (χ3v) is 16.7. The summed E-state index contributed by atoms with van der Waals surface area (Å²) in [6.07, 6.45) is 85.4. The van der Waals surface area contributed by atoms with Crippen LogP contribution < -0.4 is 5.32 Å². The summed E-state index contributed by atoms with van der Waals surface area (Å²) in [5, 5.41) is 23.3. The molecule has 0 spiro atoms. The fourth-order valence-corrected chi connectivity index (χ4v) is 11.3. The predicted molar refractivity (Wildman–Crippen MR) is 343 cm³/mol. The third-order valence-electron chi connectivity index (χ3n) is 16.7. The van der Waals surface area contributed by atoms with Gasteiger partial charge in [0, 0.05) is 12.8 Å². The van der Waals surface area contributed by atoms with Crippen LogP contribution in [0.1, 0.15) is 399 Å². The summed E-state index contributed by atoms with van der Waals surface area (Å²) in [5.41, 5.74) is 0. The Morgan fingerprint density at radius 1 is 0.346 bits per heavy atom. The Balaban J connectivity index is 3.38. The van der Waals surface area contributed by atoms with Gasteiger partial charge in [0.1, 0.15) is 0 Å². The van der Waals surface area contributed by atoms with E-state index in [4.69, 9.17) is 4.74 Å². The Kier molecular flexibility index (Phi) is 66.4. The second-order valence-corrected chi connectivity index (χ2v) is 24.6. The highest BCUT2D eigenvalue weighted by atomic mass is 16.5. The third kappa shape index (κ3) is 63.5. The fraction of sp³-hybridized carbons (Fsp3) is 0.917. The molecule has 1 amide bonds. The van der Waals surface area contributed by atoms with Gasteiger partial charge in [0.15, 0.2) is 0 Å². The highest BCUT2D eigenvalue weighted by molar-refractivity contribution is 5.76. The molecule has 0 aliphatic rings. The zero-order valence-electron chi connectivity index (χ0n) is 52.9. The number of ether oxygens (including phenoxy) is 1. The van der Waals surface area contributed by atoms with Crippen LogP contribution in [0, 0.1) is 0 Å². The van der Waals surface area contributed by atoms with Gasteiger partial charge in [-0.1, -0.05) is 353 Å². The number of esters is 1. The number of carbonyl (C=O) groups excluding carboxylic acids is 2. The van der Waals surface area contributed by atoms with E-state index in [2.05, 4.69) is 31.3 Å². The fourth-order valence-electron chi connectivity index (χ4n) is 11.3. The van der Waals surface area contributed by atoms with E-state index >= 15 is 0 Å². The maximum Gasteiger partial charge on any atom is 0.305 e. The number of hydrogen-bond donors (Lipinski definition) is 3. The van der Waals surface area contributed by atoms with Gasteiger partial charge in [0.25, 0.3) is 0 Å². The Morgan fingerprint density at radius 2 is 0.603 bits per heavy atom. The SMILES string of the molecule is CCCCCCC/C=C\CCCCCCCC(=O)OCCCCCCCCCCCCCCCCCCCCCCCCCCCCC(=O)NC(CO)C(O)/C=C/CCCCCCCCCCCCCCCCCCCCC. The van der Waals surface area contributed by atoms with Crippen LogP contribution in [0.2, 0.25) is 0 Å². The molecule has 0 rings (SSSR count). The largest absolute Gasteiger partial charge is 0.466 e. The highest BCUT2D eigenvalue weighted by Gasteiger charge is 2.18. The minimum Gasteiger partial charge on any atom is -0.466 e. The molecule has 0 aromatic rings. The van der Waals surface area contributed by atoms with Gasteiger partial charge in [-0.05, 0) is 57.8 Å². The van der Waals surface area contributed by atoms with Crippen LogP contribution in [-0.4, -0.2) is 47.4 Å². The first-order valence-electron chi connectivity index (χ1n) is 35.6. The zero-order valence-corrected chi connectivity index (χ0v) is 52.9.